The molecule has 7 heteroatoms. The predicted octanol–water partition coefficient (Wildman–Crippen LogP) is 2.10. The lowest BCUT2D eigenvalue weighted by molar-refractivity contribution is -0.142. The Morgan fingerprint density at radius 2 is 1.88 bits per heavy atom. The molecule has 1 aromatic rings. The first-order valence-corrected chi connectivity index (χ1v) is 7.88. The van der Waals surface area contributed by atoms with Crippen LogP contribution in [0.25, 0.3) is 0 Å². The normalized spacial score (nSPS) is 22.2. The Hall–Kier alpha value is -2.65. The molecule has 1 fully saturated rings. The average Bonchev–Trinajstić information content (AvgIpc) is 2.80. The fourth-order valence-electron chi connectivity index (χ4n) is 3.05. The minimum absolute atomic E-state index is 0.223. The van der Waals surface area contributed by atoms with Crippen LogP contribution in [-0.4, -0.2) is 29.2 Å². The molecule has 2 atom stereocenters. The number of fused-ring (bicyclic) bond motifs is 1. The van der Waals surface area contributed by atoms with Crippen LogP contribution in [0, 0.1) is 23.2 Å². The molecule has 1 aliphatic heterocycles. The van der Waals surface area contributed by atoms with Crippen LogP contribution in [0.15, 0.2) is 30.4 Å². The van der Waals surface area contributed by atoms with E-state index in [1.54, 1.807) is 6.07 Å². The molecule has 1 saturated heterocycles. The van der Waals surface area contributed by atoms with Gasteiger partial charge in [0.25, 0.3) is 0 Å². The number of rotatable bonds is 3. The Bertz CT molecular complexity index is 771. The second-order valence-electron chi connectivity index (χ2n) is 5.77. The van der Waals surface area contributed by atoms with E-state index in [2.05, 4.69) is 5.32 Å². The monoisotopic (exact) mass is 343 g/mol. The fraction of sp³-hybridized carbons (Fsp3) is 0.294. The van der Waals surface area contributed by atoms with E-state index >= 15 is 0 Å². The summed E-state index contributed by atoms with van der Waals surface area (Å²) in [7, 11) is 0. The van der Waals surface area contributed by atoms with E-state index in [4.69, 9.17) is 16.9 Å². The van der Waals surface area contributed by atoms with Crippen molar-refractivity contribution in [2.75, 3.05) is 11.9 Å². The summed E-state index contributed by atoms with van der Waals surface area (Å²) < 4.78 is 0. The van der Waals surface area contributed by atoms with Gasteiger partial charge >= 0.3 is 0 Å². The van der Waals surface area contributed by atoms with Gasteiger partial charge in [-0.2, -0.15) is 5.26 Å². The van der Waals surface area contributed by atoms with Gasteiger partial charge in [-0.05, 0) is 31.0 Å². The van der Waals surface area contributed by atoms with Gasteiger partial charge in [-0.25, -0.2) is 0 Å². The average molecular weight is 344 g/mol. The number of nitrogens with zero attached hydrogens (tertiary/aromatic N) is 2. The topological polar surface area (TPSA) is 90.3 Å². The van der Waals surface area contributed by atoms with Gasteiger partial charge in [0.2, 0.25) is 17.7 Å². The summed E-state index contributed by atoms with van der Waals surface area (Å²) >= 11 is 5.91. The van der Waals surface area contributed by atoms with Crippen molar-refractivity contribution in [3.05, 3.63) is 40.9 Å². The van der Waals surface area contributed by atoms with Crippen molar-refractivity contribution in [3.63, 3.8) is 0 Å². The summed E-state index contributed by atoms with van der Waals surface area (Å²) in [6.45, 7) is -0.317. The van der Waals surface area contributed by atoms with E-state index in [-0.39, 0.29) is 35.2 Å². The highest BCUT2D eigenvalue weighted by Gasteiger charge is 2.47. The number of imide groups is 1. The number of carbonyl (C=O) groups excluding carboxylic acids is 3. The quantitative estimate of drug-likeness (QED) is 0.672. The molecule has 2 aliphatic rings. The Labute approximate surface area is 143 Å². The van der Waals surface area contributed by atoms with E-state index in [0.717, 1.165) is 4.90 Å². The smallest absolute Gasteiger partial charge is 0.244 e. The Balaban J connectivity index is 1.67. The third-order valence-corrected chi connectivity index (χ3v) is 4.59. The van der Waals surface area contributed by atoms with Crippen molar-refractivity contribution in [1.82, 2.24) is 4.90 Å². The number of carbonyl (C=O) groups is 3. The molecule has 0 bridgehead atoms. The molecule has 0 radical (unpaired) electrons. The van der Waals surface area contributed by atoms with Gasteiger partial charge in [0.15, 0.2) is 0 Å². The van der Waals surface area contributed by atoms with Crippen molar-refractivity contribution in [2.24, 2.45) is 11.8 Å². The molecular weight excluding hydrogens is 330 g/mol. The molecule has 1 N–H and O–H groups in total. The van der Waals surface area contributed by atoms with Gasteiger partial charge in [-0.1, -0.05) is 23.8 Å². The number of anilines is 1. The second kappa shape index (κ2) is 6.46. The van der Waals surface area contributed by atoms with Crippen molar-refractivity contribution < 1.29 is 14.4 Å². The van der Waals surface area contributed by atoms with Gasteiger partial charge in [-0.15, -0.1) is 0 Å². The van der Waals surface area contributed by atoms with Crippen LogP contribution in [0.1, 0.15) is 18.4 Å². The maximum atomic E-state index is 12.3. The van der Waals surface area contributed by atoms with Crippen LogP contribution >= 0.6 is 11.6 Å². The number of hydrogen-bond acceptors (Lipinski definition) is 4. The van der Waals surface area contributed by atoms with E-state index in [1.807, 2.05) is 18.2 Å². The van der Waals surface area contributed by atoms with Gasteiger partial charge in [0.1, 0.15) is 12.6 Å². The molecule has 0 saturated carbocycles. The molecule has 0 unspecified atom stereocenters. The van der Waals surface area contributed by atoms with Crippen molar-refractivity contribution in [1.29, 1.82) is 5.26 Å². The highest BCUT2D eigenvalue weighted by atomic mass is 35.5. The van der Waals surface area contributed by atoms with E-state index in [9.17, 15) is 14.4 Å². The van der Waals surface area contributed by atoms with E-state index in [0.29, 0.717) is 24.1 Å². The summed E-state index contributed by atoms with van der Waals surface area (Å²) in [5.74, 6) is -1.76. The Morgan fingerprint density at radius 3 is 2.42 bits per heavy atom. The molecule has 1 aromatic carbocycles. The standard InChI is InChI=1S/C17H14ClN3O3/c18-14-7-11(6-5-10(14)8-19)20-15(22)9-21-16(23)12-3-1-2-4-13(12)17(21)24/h1-2,5-7,12-13H,3-4,9H2,(H,20,22)/t12-,13+. The molecule has 1 heterocycles. The van der Waals surface area contributed by atoms with Crippen molar-refractivity contribution >= 4 is 35.0 Å². The molecule has 1 aliphatic carbocycles. The van der Waals surface area contributed by atoms with Crippen LogP contribution in [0.2, 0.25) is 5.02 Å². The highest BCUT2D eigenvalue weighted by Crippen LogP contribution is 2.34. The van der Waals surface area contributed by atoms with Crippen LogP contribution in [0.4, 0.5) is 5.69 Å². The van der Waals surface area contributed by atoms with Crippen LogP contribution in [0.3, 0.4) is 0 Å². The zero-order valence-corrected chi connectivity index (χ0v) is 13.4. The number of halogens is 1. The zero-order valence-electron chi connectivity index (χ0n) is 12.7. The predicted molar refractivity (Wildman–Crippen MR) is 86.9 cm³/mol. The Morgan fingerprint density at radius 1 is 1.25 bits per heavy atom. The maximum Gasteiger partial charge on any atom is 0.244 e. The number of likely N-dealkylation sites (tertiary alicyclic amines) is 1. The van der Waals surface area contributed by atoms with E-state index in [1.165, 1.54) is 12.1 Å². The van der Waals surface area contributed by atoms with Crippen LogP contribution in [0.5, 0.6) is 0 Å². The molecule has 6 nitrogen and oxygen atoms in total. The lowest BCUT2D eigenvalue weighted by Crippen LogP contribution is -2.38. The van der Waals surface area contributed by atoms with Gasteiger partial charge in [0, 0.05) is 5.69 Å². The highest BCUT2D eigenvalue weighted by molar-refractivity contribution is 6.32. The molecule has 0 aromatic heterocycles. The number of benzene rings is 1. The summed E-state index contributed by atoms with van der Waals surface area (Å²) in [5, 5.41) is 11.6. The molecule has 0 spiro atoms. The molecule has 24 heavy (non-hydrogen) atoms. The van der Waals surface area contributed by atoms with Crippen LogP contribution < -0.4 is 5.32 Å². The molecule has 3 amide bonds. The third-order valence-electron chi connectivity index (χ3n) is 4.27. The molecular formula is C17H14ClN3O3. The first kappa shape index (κ1) is 16.2. The second-order valence-corrected chi connectivity index (χ2v) is 6.18. The van der Waals surface area contributed by atoms with Gasteiger partial charge in [0.05, 0.1) is 22.4 Å². The number of nitriles is 1. The fourth-order valence-corrected chi connectivity index (χ4v) is 3.28. The minimum Gasteiger partial charge on any atom is -0.324 e. The van der Waals surface area contributed by atoms with Crippen LogP contribution in [-0.2, 0) is 14.4 Å². The largest absolute Gasteiger partial charge is 0.324 e. The summed E-state index contributed by atoms with van der Waals surface area (Å²) in [6, 6.07) is 6.41. The number of amides is 3. The lowest BCUT2D eigenvalue weighted by Gasteiger charge is -2.14. The van der Waals surface area contributed by atoms with Gasteiger partial charge in [-0.3, -0.25) is 19.3 Å². The van der Waals surface area contributed by atoms with Gasteiger partial charge < -0.3 is 5.32 Å². The summed E-state index contributed by atoms with van der Waals surface area (Å²) in [5.41, 5.74) is 0.707. The van der Waals surface area contributed by atoms with E-state index < -0.39 is 5.91 Å². The minimum atomic E-state index is -0.482. The number of nitrogens with one attached hydrogen (secondary N) is 1. The summed E-state index contributed by atoms with van der Waals surface area (Å²) in [6.07, 6.45) is 4.88. The first-order valence-electron chi connectivity index (χ1n) is 7.51. The number of allylic oxidation sites excluding steroid dienone is 2. The molecule has 122 valence electrons. The van der Waals surface area contributed by atoms with Crippen molar-refractivity contribution in [3.8, 4) is 6.07 Å². The zero-order chi connectivity index (χ0) is 17.3. The third kappa shape index (κ3) is 2.91. The molecule has 3 rings (SSSR count). The van der Waals surface area contributed by atoms with Crippen molar-refractivity contribution in [2.45, 2.75) is 12.8 Å². The SMILES string of the molecule is N#Cc1ccc(NC(=O)CN2C(=O)[C@H]3CC=CC[C@H]3C2=O)cc1Cl. The lowest BCUT2D eigenvalue weighted by atomic mass is 9.85. The number of hydrogen-bond donors (Lipinski definition) is 1. The summed E-state index contributed by atoms with van der Waals surface area (Å²) in [4.78, 5) is 37.8. The Kier molecular flexibility index (Phi) is 4.36. The first-order chi connectivity index (χ1) is 11.5. The maximum absolute atomic E-state index is 12.3.